The fraction of sp³-hybridized carbons (Fsp3) is 0.273. The predicted molar refractivity (Wildman–Crippen MR) is 78.8 cm³/mol. The molecule has 0 unspecified atom stereocenters. The Morgan fingerprint density at radius 1 is 1.45 bits per heavy atom. The first-order valence-electron chi connectivity index (χ1n) is 5.86. The first-order chi connectivity index (χ1) is 9.66. The molecule has 7 nitrogen and oxygen atoms in total. The summed E-state index contributed by atoms with van der Waals surface area (Å²) in [6.45, 7) is 0.638. The Hall–Kier alpha value is -2.00. The van der Waals surface area contributed by atoms with E-state index in [0.717, 1.165) is 11.4 Å². The first kappa shape index (κ1) is 13.0. The van der Waals surface area contributed by atoms with Crippen LogP contribution in [0.15, 0.2) is 23.2 Å². The van der Waals surface area contributed by atoms with E-state index in [1.165, 1.54) is 15.7 Å². The van der Waals surface area contributed by atoms with Gasteiger partial charge in [-0.2, -0.15) is 9.38 Å². The molecule has 0 saturated heterocycles. The highest BCUT2D eigenvalue weighted by Gasteiger charge is 2.26. The van der Waals surface area contributed by atoms with E-state index in [0.29, 0.717) is 17.3 Å². The van der Waals surface area contributed by atoms with Crippen LogP contribution in [0, 0.1) is 10.1 Å². The van der Waals surface area contributed by atoms with Crippen LogP contribution in [0.5, 0.6) is 0 Å². The number of rotatable bonds is 5. The van der Waals surface area contributed by atoms with Crippen molar-refractivity contribution in [2.75, 3.05) is 18.5 Å². The Morgan fingerprint density at radius 2 is 2.30 bits per heavy atom. The molecule has 0 N–H and O–H groups in total. The molecule has 3 aromatic rings. The predicted octanol–water partition coefficient (Wildman–Crippen LogP) is 2.44. The van der Waals surface area contributed by atoms with Gasteiger partial charge >= 0.3 is 5.82 Å². The SMILES string of the molecule is CN(CCc1nccs1)c1nc2sccn2c1[N+](=O)[O-]. The van der Waals surface area contributed by atoms with Gasteiger partial charge in [-0.25, -0.2) is 4.98 Å². The average molecular weight is 309 g/mol. The van der Waals surface area contributed by atoms with Gasteiger partial charge in [-0.3, -0.25) is 0 Å². The molecule has 0 spiro atoms. The molecule has 0 bridgehead atoms. The molecular weight excluding hydrogens is 298 g/mol. The van der Waals surface area contributed by atoms with E-state index in [1.807, 2.05) is 12.4 Å². The van der Waals surface area contributed by atoms with E-state index in [-0.39, 0.29) is 10.7 Å². The van der Waals surface area contributed by atoms with Crippen molar-refractivity contribution in [1.29, 1.82) is 0 Å². The van der Waals surface area contributed by atoms with Crippen LogP contribution in [0.1, 0.15) is 5.01 Å². The number of fused-ring (bicyclic) bond motifs is 1. The summed E-state index contributed by atoms with van der Waals surface area (Å²) in [6, 6.07) is 0. The van der Waals surface area contributed by atoms with Gasteiger partial charge in [-0.1, -0.05) is 11.3 Å². The van der Waals surface area contributed by atoms with Gasteiger partial charge in [0.2, 0.25) is 5.82 Å². The summed E-state index contributed by atoms with van der Waals surface area (Å²) < 4.78 is 1.51. The van der Waals surface area contributed by atoms with Crippen LogP contribution in [-0.4, -0.2) is 32.9 Å². The van der Waals surface area contributed by atoms with Crippen LogP contribution in [0.3, 0.4) is 0 Å². The summed E-state index contributed by atoms with van der Waals surface area (Å²) in [5.41, 5.74) is 0. The van der Waals surface area contributed by atoms with Crippen molar-refractivity contribution in [3.8, 4) is 0 Å². The number of imidazole rings is 1. The molecule has 0 fully saturated rings. The van der Waals surface area contributed by atoms with E-state index in [1.54, 1.807) is 34.0 Å². The van der Waals surface area contributed by atoms with Crippen LogP contribution in [0.25, 0.3) is 4.96 Å². The van der Waals surface area contributed by atoms with Gasteiger partial charge in [0.15, 0.2) is 0 Å². The third-order valence-corrected chi connectivity index (χ3v) is 4.49. The second kappa shape index (κ2) is 5.17. The highest BCUT2D eigenvalue weighted by molar-refractivity contribution is 7.15. The van der Waals surface area contributed by atoms with Crippen molar-refractivity contribution in [2.45, 2.75) is 6.42 Å². The molecule has 0 aliphatic rings. The lowest BCUT2D eigenvalue weighted by atomic mass is 10.4. The van der Waals surface area contributed by atoms with Crippen LogP contribution in [0.2, 0.25) is 0 Å². The second-order valence-electron chi connectivity index (χ2n) is 4.17. The third kappa shape index (κ3) is 2.25. The van der Waals surface area contributed by atoms with Gasteiger partial charge in [0.1, 0.15) is 6.20 Å². The Morgan fingerprint density at radius 3 is 3.00 bits per heavy atom. The first-order valence-corrected chi connectivity index (χ1v) is 7.62. The van der Waals surface area contributed by atoms with Gasteiger partial charge in [-0.05, 0) is 4.92 Å². The maximum Gasteiger partial charge on any atom is 0.373 e. The molecule has 20 heavy (non-hydrogen) atoms. The van der Waals surface area contributed by atoms with E-state index in [2.05, 4.69) is 9.97 Å². The second-order valence-corrected chi connectivity index (χ2v) is 6.02. The van der Waals surface area contributed by atoms with Gasteiger partial charge in [0.05, 0.1) is 5.01 Å². The number of nitrogens with zero attached hydrogens (tertiary/aromatic N) is 5. The van der Waals surface area contributed by atoms with Crippen molar-refractivity contribution in [2.24, 2.45) is 0 Å². The largest absolute Gasteiger partial charge is 0.373 e. The smallest absolute Gasteiger partial charge is 0.358 e. The molecule has 3 rings (SSSR count). The third-order valence-electron chi connectivity index (χ3n) is 2.90. The Bertz CT molecular complexity index is 733. The minimum atomic E-state index is -0.387. The van der Waals surface area contributed by atoms with E-state index in [9.17, 15) is 10.1 Å². The molecule has 0 aromatic carbocycles. The van der Waals surface area contributed by atoms with Crippen molar-refractivity contribution in [3.05, 3.63) is 38.3 Å². The number of anilines is 1. The number of hydrogen-bond acceptors (Lipinski definition) is 7. The molecule has 0 radical (unpaired) electrons. The lowest BCUT2D eigenvalue weighted by Crippen LogP contribution is -2.21. The molecule has 0 saturated carbocycles. The van der Waals surface area contributed by atoms with Crippen molar-refractivity contribution in [3.63, 3.8) is 0 Å². The molecule has 0 atom stereocenters. The van der Waals surface area contributed by atoms with Crippen LogP contribution in [-0.2, 0) is 6.42 Å². The Kier molecular flexibility index (Phi) is 3.36. The highest BCUT2D eigenvalue weighted by atomic mass is 32.1. The maximum absolute atomic E-state index is 11.2. The molecular formula is C11H11N5O2S2. The number of aromatic nitrogens is 3. The van der Waals surface area contributed by atoms with Crippen LogP contribution < -0.4 is 4.90 Å². The topological polar surface area (TPSA) is 76.6 Å². The Balaban J connectivity index is 1.86. The average Bonchev–Trinajstić information content (AvgIpc) is 3.10. The summed E-state index contributed by atoms with van der Waals surface area (Å²) in [5, 5.41) is 16.0. The lowest BCUT2D eigenvalue weighted by molar-refractivity contribution is -0.389. The van der Waals surface area contributed by atoms with Crippen molar-refractivity contribution >= 4 is 39.3 Å². The molecule has 9 heteroatoms. The zero-order valence-electron chi connectivity index (χ0n) is 10.6. The highest BCUT2D eigenvalue weighted by Crippen LogP contribution is 2.30. The standard InChI is InChI=1S/C11H11N5O2S2/c1-14(4-2-8-12-3-6-19-8)9-10(16(17)18)15-5-7-20-11(15)13-9/h3,5-7H,2,4H2,1H3. The number of nitro groups is 1. The van der Waals surface area contributed by atoms with Gasteiger partial charge in [-0.15, -0.1) is 11.3 Å². The summed E-state index contributed by atoms with van der Waals surface area (Å²) in [6.07, 6.45) is 4.18. The molecule has 0 aliphatic heterocycles. The van der Waals surface area contributed by atoms with E-state index >= 15 is 0 Å². The van der Waals surface area contributed by atoms with E-state index in [4.69, 9.17) is 0 Å². The van der Waals surface area contributed by atoms with E-state index < -0.39 is 0 Å². The van der Waals surface area contributed by atoms with Gasteiger partial charge < -0.3 is 15.0 Å². The molecule has 3 aromatic heterocycles. The van der Waals surface area contributed by atoms with Crippen LogP contribution >= 0.6 is 22.7 Å². The Labute approximate surface area is 122 Å². The minimum absolute atomic E-state index is 0.0166. The van der Waals surface area contributed by atoms with Crippen molar-refractivity contribution < 1.29 is 4.92 Å². The zero-order valence-corrected chi connectivity index (χ0v) is 12.2. The summed E-state index contributed by atoms with van der Waals surface area (Å²) in [7, 11) is 1.81. The normalized spacial score (nSPS) is 11.1. The summed E-state index contributed by atoms with van der Waals surface area (Å²) >= 11 is 2.97. The zero-order chi connectivity index (χ0) is 14.1. The van der Waals surface area contributed by atoms with Gasteiger partial charge in [0, 0.05) is 37.0 Å². The molecule has 0 amide bonds. The molecule has 3 heterocycles. The van der Waals surface area contributed by atoms with Gasteiger partial charge in [0.25, 0.3) is 4.96 Å². The number of likely N-dealkylation sites (N-methyl/N-ethyl adjacent to an activating group) is 1. The monoisotopic (exact) mass is 309 g/mol. The molecule has 0 aliphatic carbocycles. The summed E-state index contributed by atoms with van der Waals surface area (Å²) in [4.78, 5) is 21.8. The minimum Gasteiger partial charge on any atom is -0.358 e. The number of hydrogen-bond donors (Lipinski definition) is 0. The summed E-state index contributed by atoms with van der Waals surface area (Å²) in [5.74, 6) is 0.418. The fourth-order valence-corrected chi connectivity index (χ4v) is 3.25. The quantitative estimate of drug-likeness (QED) is 0.534. The number of thiazole rings is 2. The van der Waals surface area contributed by atoms with Crippen molar-refractivity contribution in [1.82, 2.24) is 14.4 Å². The van der Waals surface area contributed by atoms with Crippen LogP contribution in [0.4, 0.5) is 11.6 Å². The maximum atomic E-state index is 11.2. The fourth-order valence-electron chi connectivity index (χ4n) is 1.93. The lowest BCUT2D eigenvalue weighted by Gasteiger charge is -2.14. The molecule has 104 valence electrons.